The average Bonchev–Trinajstić information content (AvgIpc) is 3.10. The number of likely N-dealkylation sites (tertiary alicyclic amines) is 1. The molecule has 27 heavy (non-hydrogen) atoms. The molecule has 3 heterocycles. The van der Waals surface area contributed by atoms with E-state index < -0.39 is 0 Å². The highest BCUT2D eigenvalue weighted by Crippen LogP contribution is 2.19. The molecule has 1 aliphatic rings. The Morgan fingerprint density at radius 1 is 1.44 bits per heavy atom. The van der Waals surface area contributed by atoms with Crippen LogP contribution in [0.2, 0.25) is 0 Å². The SMILES string of the molecule is CC(C)c1cc(C(=O)N2CC[C@@H](N(C)Cc3nccc(N)n3)C2)cc(=O)[nH]1. The highest BCUT2D eigenvalue weighted by Gasteiger charge is 2.30. The second-order valence-corrected chi connectivity index (χ2v) is 7.35. The summed E-state index contributed by atoms with van der Waals surface area (Å²) in [6, 6.07) is 5.04. The van der Waals surface area contributed by atoms with Gasteiger partial charge in [-0.05, 0) is 31.5 Å². The molecule has 1 aliphatic heterocycles. The average molecular weight is 370 g/mol. The fourth-order valence-corrected chi connectivity index (χ4v) is 3.31. The molecule has 0 spiro atoms. The Balaban J connectivity index is 1.66. The number of pyridine rings is 1. The Labute approximate surface area is 158 Å². The first kappa shape index (κ1) is 19.0. The van der Waals surface area contributed by atoms with Crippen molar-refractivity contribution < 1.29 is 4.79 Å². The first-order chi connectivity index (χ1) is 12.8. The van der Waals surface area contributed by atoms with Gasteiger partial charge in [-0.15, -0.1) is 0 Å². The molecule has 0 bridgehead atoms. The summed E-state index contributed by atoms with van der Waals surface area (Å²) < 4.78 is 0. The van der Waals surface area contributed by atoms with Gasteiger partial charge < -0.3 is 15.6 Å². The summed E-state index contributed by atoms with van der Waals surface area (Å²) in [6.45, 7) is 5.81. The number of likely N-dealkylation sites (N-methyl/N-ethyl adjacent to an activating group) is 1. The molecule has 0 aliphatic carbocycles. The number of nitrogens with one attached hydrogen (secondary N) is 1. The number of nitrogen functional groups attached to an aromatic ring is 1. The van der Waals surface area contributed by atoms with E-state index in [1.807, 2.05) is 20.9 Å². The monoisotopic (exact) mass is 370 g/mol. The molecule has 0 unspecified atom stereocenters. The van der Waals surface area contributed by atoms with Crippen LogP contribution in [0.25, 0.3) is 0 Å². The number of nitrogens with zero attached hydrogens (tertiary/aromatic N) is 4. The summed E-state index contributed by atoms with van der Waals surface area (Å²) in [5.41, 5.74) is 6.69. The molecule has 0 aromatic carbocycles. The van der Waals surface area contributed by atoms with Gasteiger partial charge >= 0.3 is 0 Å². The first-order valence-electron chi connectivity index (χ1n) is 9.14. The lowest BCUT2D eigenvalue weighted by Gasteiger charge is -2.24. The van der Waals surface area contributed by atoms with E-state index in [4.69, 9.17) is 5.73 Å². The molecular formula is C19H26N6O2. The van der Waals surface area contributed by atoms with Crippen molar-refractivity contribution in [3.63, 3.8) is 0 Å². The van der Waals surface area contributed by atoms with E-state index in [1.165, 1.54) is 6.07 Å². The van der Waals surface area contributed by atoms with E-state index >= 15 is 0 Å². The maximum atomic E-state index is 12.9. The maximum absolute atomic E-state index is 12.9. The van der Waals surface area contributed by atoms with Crippen molar-refractivity contribution in [3.05, 3.63) is 51.8 Å². The van der Waals surface area contributed by atoms with Crippen LogP contribution in [0, 0.1) is 0 Å². The van der Waals surface area contributed by atoms with E-state index in [-0.39, 0.29) is 23.4 Å². The lowest BCUT2D eigenvalue weighted by atomic mass is 10.1. The van der Waals surface area contributed by atoms with Gasteiger partial charge in [-0.1, -0.05) is 13.8 Å². The number of hydrogen-bond acceptors (Lipinski definition) is 6. The molecule has 3 rings (SSSR count). The molecule has 1 fully saturated rings. The van der Waals surface area contributed by atoms with Gasteiger partial charge in [0.1, 0.15) is 11.6 Å². The smallest absolute Gasteiger partial charge is 0.254 e. The maximum Gasteiger partial charge on any atom is 0.254 e. The predicted molar refractivity (Wildman–Crippen MR) is 103 cm³/mol. The summed E-state index contributed by atoms with van der Waals surface area (Å²) in [6.07, 6.45) is 2.51. The molecule has 2 aromatic heterocycles. The van der Waals surface area contributed by atoms with Crippen LogP contribution in [0.3, 0.4) is 0 Å². The van der Waals surface area contributed by atoms with Crippen LogP contribution in [0.1, 0.15) is 48.1 Å². The number of hydrogen-bond donors (Lipinski definition) is 2. The van der Waals surface area contributed by atoms with Crippen molar-refractivity contribution >= 4 is 11.7 Å². The van der Waals surface area contributed by atoms with Crippen LogP contribution in [0.5, 0.6) is 0 Å². The second kappa shape index (κ2) is 7.87. The number of anilines is 1. The Bertz CT molecular complexity index is 878. The van der Waals surface area contributed by atoms with E-state index in [2.05, 4.69) is 19.9 Å². The zero-order valence-electron chi connectivity index (χ0n) is 16.0. The van der Waals surface area contributed by atoms with Crippen LogP contribution in [0.4, 0.5) is 5.82 Å². The summed E-state index contributed by atoms with van der Waals surface area (Å²) >= 11 is 0. The third kappa shape index (κ3) is 4.51. The Morgan fingerprint density at radius 3 is 2.93 bits per heavy atom. The first-order valence-corrected chi connectivity index (χ1v) is 9.14. The minimum absolute atomic E-state index is 0.0981. The summed E-state index contributed by atoms with van der Waals surface area (Å²) in [7, 11) is 2.00. The molecule has 1 atom stereocenters. The third-order valence-electron chi connectivity index (χ3n) is 4.93. The molecule has 0 radical (unpaired) electrons. The summed E-state index contributed by atoms with van der Waals surface area (Å²) in [5.74, 6) is 1.17. The van der Waals surface area contributed by atoms with E-state index in [9.17, 15) is 9.59 Å². The second-order valence-electron chi connectivity index (χ2n) is 7.35. The van der Waals surface area contributed by atoms with Gasteiger partial charge in [0.2, 0.25) is 5.56 Å². The molecule has 0 saturated carbocycles. The van der Waals surface area contributed by atoms with Crippen molar-refractivity contribution in [2.75, 3.05) is 25.9 Å². The largest absolute Gasteiger partial charge is 0.384 e. The Hall–Kier alpha value is -2.74. The van der Waals surface area contributed by atoms with Crippen molar-refractivity contribution in [3.8, 4) is 0 Å². The van der Waals surface area contributed by atoms with Crippen LogP contribution in [-0.2, 0) is 6.54 Å². The quantitative estimate of drug-likeness (QED) is 0.819. The van der Waals surface area contributed by atoms with Crippen molar-refractivity contribution in [1.29, 1.82) is 0 Å². The summed E-state index contributed by atoms with van der Waals surface area (Å²) in [5, 5.41) is 0. The van der Waals surface area contributed by atoms with Gasteiger partial charge in [0.05, 0.1) is 6.54 Å². The molecule has 144 valence electrons. The van der Waals surface area contributed by atoms with Crippen molar-refractivity contribution in [2.24, 2.45) is 0 Å². The molecular weight excluding hydrogens is 344 g/mol. The van der Waals surface area contributed by atoms with Gasteiger partial charge in [0, 0.05) is 42.7 Å². The van der Waals surface area contributed by atoms with Crippen LogP contribution < -0.4 is 11.3 Å². The zero-order valence-corrected chi connectivity index (χ0v) is 16.0. The number of aromatic nitrogens is 3. The van der Waals surface area contributed by atoms with Gasteiger partial charge in [-0.2, -0.15) is 0 Å². The highest BCUT2D eigenvalue weighted by molar-refractivity contribution is 5.94. The number of aromatic amines is 1. The number of carbonyl (C=O) groups is 1. The Kier molecular flexibility index (Phi) is 5.55. The highest BCUT2D eigenvalue weighted by atomic mass is 16.2. The van der Waals surface area contributed by atoms with Crippen molar-refractivity contribution in [1.82, 2.24) is 24.8 Å². The fraction of sp³-hybridized carbons (Fsp3) is 0.474. The number of rotatable bonds is 5. The standard InChI is InChI=1S/C19H26N6O2/c1-12(2)15-8-13(9-18(26)22-15)19(27)25-7-5-14(10-25)24(3)11-17-21-6-4-16(20)23-17/h4,6,8-9,12,14H,5,7,10-11H2,1-3H3,(H,22,26)(H2,20,21,23)/t14-/m1/s1. The van der Waals surface area contributed by atoms with Gasteiger partial charge in [0.25, 0.3) is 5.91 Å². The zero-order chi connectivity index (χ0) is 19.6. The van der Waals surface area contributed by atoms with Gasteiger partial charge in [-0.3, -0.25) is 14.5 Å². The van der Waals surface area contributed by atoms with Crippen LogP contribution in [-0.4, -0.2) is 56.8 Å². The molecule has 1 saturated heterocycles. The van der Waals surface area contributed by atoms with Gasteiger partial charge in [-0.25, -0.2) is 9.97 Å². The topological polar surface area (TPSA) is 108 Å². The van der Waals surface area contributed by atoms with E-state index in [0.717, 1.165) is 12.1 Å². The molecule has 1 amide bonds. The number of nitrogens with two attached hydrogens (primary N) is 1. The number of H-pyrrole nitrogens is 1. The number of amides is 1. The number of carbonyl (C=O) groups excluding carboxylic acids is 1. The minimum Gasteiger partial charge on any atom is -0.384 e. The van der Waals surface area contributed by atoms with E-state index in [1.54, 1.807) is 23.2 Å². The molecule has 2 aromatic rings. The molecule has 8 heteroatoms. The van der Waals surface area contributed by atoms with Crippen LogP contribution >= 0.6 is 0 Å². The normalized spacial score (nSPS) is 17.1. The van der Waals surface area contributed by atoms with Crippen molar-refractivity contribution in [2.45, 2.75) is 38.8 Å². The van der Waals surface area contributed by atoms with Crippen LogP contribution in [0.15, 0.2) is 29.2 Å². The predicted octanol–water partition coefficient (Wildman–Crippen LogP) is 1.22. The minimum atomic E-state index is -0.240. The fourth-order valence-electron chi connectivity index (χ4n) is 3.31. The summed E-state index contributed by atoms with van der Waals surface area (Å²) in [4.78, 5) is 39.9. The van der Waals surface area contributed by atoms with E-state index in [0.29, 0.717) is 36.8 Å². The van der Waals surface area contributed by atoms with Gasteiger partial charge in [0.15, 0.2) is 0 Å². The lowest BCUT2D eigenvalue weighted by Crippen LogP contribution is -2.36. The molecule has 8 nitrogen and oxygen atoms in total. The Morgan fingerprint density at radius 2 is 2.22 bits per heavy atom. The molecule has 3 N–H and O–H groups in total. The third-order valence-corrected chi connectivity index (χ3v) is 4.93. The lowest BCUT2D eigenvalue weighted by molar-refractivity contribution is 0.0779.